The van der Waals surface area contributed by atoms with Crippen LogP contribution in [0.25, 0.3) is 0 Å². The minimum absolute atomic E-state index is 0.0964. The van der Waals surface area contributed by atoms with Crippen LogP contribution in [-0.2, 0) is 6.54 Å². The Kier molecular flexibility index (Phi) is 4.17. The lowest BCUT2D eigenvalue weighted by molar-refractivity contribution is 0.0266. The Bertz CT molecular complexity index is 745. The summed E-state index contributed by atoms with van der Waals surface area (Å²) >= 11 is 0. The lowest BCUT2D eigenvalue weighted by Gasteiger charge is -2.23. The smallest absolute Gasteiger partial charge is 0.257 e. The standard InChI is InChI=1S/C18H22N4O3/c23-17(15-3-1-2-4-16(15)25-11-14-5-6-14)21-9-7-18(24,12-21)13-22-10-8-19-20-22/h1-4,8,10,14,24H,5-7,9,11-13H2. The Labute approximate surface area is 146 Å². The molecule has 2 aliphatic rings. The first-order valence-electron chi connectivity index (χ1n) is 8.71. The summed E-state index contributed by atoms with van der Waals surface area (Å²) in [6.07, 6.45) is 6.22. The van der Waals surface area contributed by atoms with E-state index in [4.69, 9.17) is 4.74 Å². The van der Waals surface area contributed by atoms with Crippen molar-refractivity contribution in [2.45, 2.75) is 31.4 Å². The fourth-order valence-electron chi connectivity index (χ4n) is 3.21. The number of nitrogens with zero attached hydrogens (tertiary/aromatic N) is 4. The van der Waals surface area contributed by atoms with E-state index in [9.17, 15) is 9.90 Å². The number of amides is 1. The van der Waals surface area contributed by atoms with Crippen LogP contribution in [0.2, 0.25) is 0 Å². The van der Waals surface area contributed by atoms with Crippen LogP contribution in [0.5, 0.6) is 5.75 Å². The Morgan fingerprint density at radius 2 is 2.20 bits per heavy atom. The largest absolute Gasteiger partial charge is 0.492 e. The Morgan fingerprint density at radius 3 is 2.96 bits per heavy atom. The summed E-state index contributed by atoms with van der Waals surface area (Å²) in [5.41, 5.74) is -0.416. The van der Waals surface area contributed by atoms with Gasteiger partial charge in [0.2, 0.25) is 0 Å². The molecule has 0 spiro atoms. The third-order valence-electron chi connectivity index (χ3n) is 4.84. The fraction of sp³-hybridized carbons (Fsp3) is 0.500. The van der Waals surface area contributed by atoms with E-state index in [1.807, 2.05) is 18.2 Å². The predicted molar refractivity (Wildman–Crippen MR) is 90.2 cm³/mol. The molecule has 1 saturated heterocycles. The molecule has 1 amide bonds. The number of hydrogen-bond acceptors (Lipinski definition) is 5. The molecule has 7 nitrogen and oxygen atoms in total. The first-order valence-corrected chi connectivity index (χ1v) is 8.71. The number of β-amino-alcohol motifs (C(OH)–C–C–N with tert-alkyl or cyclic N) is 1. The third kappa shape index (κ3) is 3.66. The summed E-state index contributed by atoms with van der Waals surface area (Å²) < 4.78 is 7.44. The quantitative estimate of drug-likeness (QED) is 0.857. The van der Waals surface area contributed by atoms with Crippen LogP contribution in [0.4, 0.5) is 0 Å². The highest BCUT2D eigenvalue weighted by atomic mass is 16.5. The van der Waals surface area contributed by atoms with Gasteiger partial charge < -0.3 is 14.7 Å². The van der Waals surface area contributed by atoms with E-state index in [0.717, 1.165) is 0 Å². The zero-order chi connectivity index (χ0) is 17.3. The monoisotopic (exact) mass is 342 g/mol. The van der Waals surface area contributed by atoms with Crippen molar-refractivity contribution in [3.63, 3.8) is 0 Å². The number of rotatable bonds is 6. The molecule has 1 atom stereocenters. The van der Waals surface area contributed by atoms with Crippen molar-refractivity contribution in [3.8, 4) is 5.75 Å². The van der Waals surface area contributed by atoms with Gasteiger partial charge in [-0.3, -0.25) is 4.79 Å². The number of hydrogen-bond donors (Lipinski definition) is 1. The van der Waals surface area contributed by atoms with Crippen LogP contribution in [0.1, 0.15) is 29.6 Å². The average Bonchev–Trinajstić information content (AvgIpc) is 3.17. The molecule has 2 heterocycles. The molecule has 1 N–H and O–H groups in total. The Hall–Kier alpha value is -2.41. The van der Waals surface area contributed by atoms with Crippen LogP contribution < -0.4 is 4.74 Å². The molecule has 1 saturated carbocycles. The molecule has 2 fully saturated rings. The molecule has 1 aliphatic carbocycles. The summed E-state index contributed by atoms with van der Waals surface area (Å²) in [6, 6.07) is 7.35. The SMILES string of the molecule is O=C(c1ccccc1OCC1CC1)N1CCC(O)(Cn2ccnn2)C1. The molecular weight excluding hydrogens is 320 g/mol. The number of ether oxygens (including phenoxy) is 1. The maximum atomic E-state index is 12.9. The highest BCUT2D eigenvalue weighted by molar-refractivity contribution is 5.97. The summed E-state index contributed by atoms with van der Waals surface area (Å²) in [4.78, 5) is 14.6. The molecule has 0 radical (unpaired) electrons. The van der Waals surface area contributed by atoms with Crippen LogP contribution in [0.15, 0.2) is 36.7 Å². The maximum Gasteiger partial charge on any atom is 0.257 e. The molecule has 132 valence electrons. The van der Waals surface area contributed by atoms with Gasteiger partial charge in [0, 0.05) is 12.7 Å². The molecule has 1 unspecified atom stereocenters. The zero-order valence-corrected chi connectivity index (χ0v) is 14.0. The topological polar surface area (TPSA) is 80.5 Å². The van der Waals surface area contributed by atoms with Crippen molar-refractivity contribution in [3.05, 3.63) is 42.2 Å². The van der Waals surface area contributed by atoms with Crippen LogP contribution >= 0.6 is 0 Å². The van der Waals surface area contributed by atoms with Gasteiger partial charge in [-0.05, 0) is 37.3 Å². The number of aromatic nitrogens is 3. The zero-order valence-electron chi connectivity index (χ0n) is 14.0. The van der Waals surface area contributed by atoms with E-state index in [1.54, 1.807) is 28.0 Å². The van der Waals surface area contributed by atoms with Gasteiger partial charge >= 0.3 is 0 Å². The molecular formula is C18H22N4O3. The van der Waals surface area contributed by atoms with Crippen molar-refractivity contribution in [1.29, 1.82) is 0 Å². The highest BCUT2D eigenvalue weighted by Gasteiger charge is 2.39. The minimum Gasteiger partial charge on any atom is -0.492 e. The number of likely N-dealkylation sites (tertiary alicyclic amines) is 1. The minimum atomic E-state index is -0.979. The van der Waals surface area contributed by atoms with Crippen LogP contribution in [0, 0.1) is 5.92 Å². The van der Waals surface area contributed by atoms with Crippen molar-refractivity contribution in [1.82, 2.24) is 19.9 Å². The number of aliphatic hydroxyl groups is 1. The lowest BCUT2D eigenvalue weighted by atomic mass is 10.0. The molecule has 0 bridgehead atoms. The average molecular weight is 342 g/mol. The van der Waals surface area contributed by atoms with E-state index in [1.165, 1.54) is 12.8 Å². The van der Waals surface area contributed by atoms with Crippen molar-refractivity contribution < 1.29 is 14.6 Å². The van der Waals surface area contributed by atoms with Crippen LogP contribution in [-0.4, -0.2) is 56.2 Å². The summed E-state index contributed by atoms with van der Waals surface area (Å²) in [5, 5.41) is 18.4. The second-order valence-electron chi connectivity index (χ2n) is 7.05. The van der Waals surface area contributed by atoms with Crippen molar-refractivity contribution in [2.24, 2.45) is 5.92 Å². The molecule has 1 aliphatic heterocycles. The van der Waals surface area contributed by atoms with Gasteiger partial charge in [0.15, 0.2) is 0 Å². The molecule has 2 aromatic rings. The Balaban J connectivity index is 1.44. The van der Waals surface area contributed by atoms with E-state index in [0.29, 0.717) is 43.3 Å². The molecule has 1 aromatic carbocycles. The number of benzene rings is 1. The van der Waals surface area contributed by atoms with Gasteiger partial charge in [-0.2, -0.15) is 0 Å². The Morgan fingerprint density at radius 1 is 1.36 bits per heavy atom. The molecule has 25 heavy (non-hydrogen) atoms. The fourth-order valence-corrected chi connectivity index (χ4v) is 3.21. The summed E-state index contributed by atoms with van der Waals surface area (Å²) in [7, 11) is 0. The van der Waals surface area contributed by atoms with Gasteiger partial charge in [-0.25, -0.2) is 4.68 Å². The maximum absolute atomic E-state index is 12.9. The molecule has 4 rings (SSSR count). The van der Waals surface area contributed by atoms with E-state index < -0.39 is 5.60 Å². The van der Waals surface area contributed by atoms with E-state index in [2.05, 4.69) is 10.3 Å². The molecule has 7 heteroatoms. The predicted octanol–water partition coefficient (Wildman–Crippen LogP) is 1.34. The normalized spacial score (nSPS) is 23.0. The first-order chi connectivity index (χ1) is 12.1. The van der Waals surface area contributed by atoms with Crippen LogP contribution in [0.3, 0.4) is 0 Å². The lowest BCUT2D eigenvalue weighted by Crippen LogP contribution is -2.39. The van der Waals surface area contributed by atoms with E-state index in [-0.39, 0.29) is 12.5 Å². The van der Waals surface area contributed by atoms with Gasteiger partial charge in [-0.15, -0.1) is 5.10 Å². The number of carbonyl (C=O) groups is 1. The highest BCUT2D eigenvalue weighted by Crippen LogP contribution is 2.31. The van der Waals surface area contributed by atoms with Gasteiger partial charge in [0.1, 0.15) is 11.4 Å². The summed E-state index contributed by atoms with van der Waals surface area (Å²) in [6.45, 7) is 1.79. The third-order valence-corrected chi connectivity index (χ3v) is 4.84. The molecule has 1 aromatic heterocycles. The number of carbonyl (C=O) groups excluding carboxylic acids is 1. The van der Waals surface area contributed by atoms with Gasteiger partial charge in [-0.1, -0.05) is 17.3 Å². The first kappa shape index (κ1) is 16.1. The van der Waals surface area contributed by atoms with Crippen molar-refractivity contribution >= 4 is 5.91 Å². The van der Waals surface area contributed by atoms with Gasteiger partial charge in [0.05, 0.1) is 31.5 Å². The van der Waals surface area contributed by atoms with Crippen molar-refractivity contribution in [2.75, 3.05) is 19.7 Å². The van der Waals surface area contributed by atoms with Gasteiger partial charge in [0.25, 0.3) is 5.91 Å². The van der Waals surface area contributed by atoms with E-state index >= 15 is 0 Å². The second kappa shape index (κ2) is 6.48. The number of para-hydroxylation sites is 1. The summed E-state index contributed by atoms with van der Waals surface area (Å²) in [5.74, 6) is 1.16. The second-order valence-corrected chi connectivity index (χ2v) is 7.05.